The Labute approximate surface area is 224 Å². The lowest BCUT2D eigenvalue weighted by Gasteiger charge is -2.17. The molecule has 0 fully saturated rings. The summed E-state index contributed by atoms with van der Waals surface area (Å²) in [5, 5.41) is 14.6. The van der Waals surface area contributed by atoms with Crippen LogP contribution in [-0.2, 0) is 5.41 Å². The Kier molecular flexibility index (Phi) is 7.63. The number of nitrogens with one attached hydrogen (secondary N) is 3. The highest BCUT2D eigenvalue weighted by molar-refractivity contribution is 6.18. The average molecular weight is 526 g/mol. The summed E-state index contributed by atoms with van der Waals surface area (Å²) in [7, 11) is 1.58. The summed E-state index contributed by atoms with van der Waals surface area (Å²) in [5.74, 6) is -1.89. The third kappa shape index (κ3) is 5.43. The number of carbonyl (C=O) groups is 1. The van der Waals surface area contributed by atoms with Gasteiger partial charge in [-0.1, -0.05) is 12.1 Å². The van der Waals surface area contributed by atoms with E-state index in [1.54, 1.807) is 69.6 Å². The molecule has 0 aliphatic heterocycles. The molecule has 0 saturated heterocycles. The molecule has 0 radical (unpaired) electrons. The second-order valence-electron chi connectivity index (χ2n) is 9.05. The Morgan fingerprint density at radius 3 is 2.64 bits per heavy atom. The van der Waals surface area contributed by atoms with E-state index in [-0.39, 0.29) is 17.1 Å². The van der Waals surface area contributed by atoms with Gasteiger partial charge in [0.15, 0.2) is 5.82 Å². The Morgan fingerprint density at radius 1 is 1.13 bits per heavy atom. The Bertz CT molecular complexity index is 1630. The number of pyridine rings is 1. The lowest BCUT2D eigenvalue weighted by atomic mass is 9.85. The molecule has 0 unspecified atom stereocenters. The lowest BCUT2D eigenvalue weighted by Crippen LogP contribution is -2.18. The summed E-state index contributed by atoms with van der Waals surface area (Å²) < 4.78 is 30.5. The Morgan fingerprint density at radius 2 is 1.92 bits per heavy atom. The molecule has 2 aromatic carbocycles. The molecular weight excluding hydrogens is 500 g/mol. The molecule has 0 aliphatic carbocycles. The van der Waals surface area contributed by atoms with Crippen molar-refractivity contribution in [1.29, 1.82) is 5.26 Å². The largest absolute Gasteiger partial charge is 0.346 e. The summed E-state index contributed by atoms with van der Waals surface area (Å²) in [4.78, 5) is 28.5. The van der Waals surface area contributed by atoms with Crippen LogP contribution in [0.5, 0.6) is 0 Å². The van der Waals surface area contributed by atoms with Gasteiger partial charge in [0.25, 0.3) is 5.91 Å². The molecule has 0 saturated carbocycles. The molecule has 3 N–H and O–H groups in total. The van der Waals surface area contributed by atoms with E-state index in [1.807, 2.05) is 0 Å². The van der Waals surface area contributed by atoms with Crippen molar-refractivity contribution in [2.45, 2.75) is 19.3 Å². The molecule has 0 spiro atoms. The molecule has 39 heavy (non-hydrogen) atoms. The molecule has 0 aliphatic rings. The van der Waals surface area contributed by atoms with Crippen LogP contribution in [0.15, 0.2) is 77.0 Å². The minimum Gasteiger partial charge on any atom is -0.346 e. The van der Waals surface area contributed by atoms with Crippen molar-refractivity contribution >= 4 is 41.3 Å². The van der Waals surface area contributed by atoms with Gasteiger partial charge in [0, 0.05) is 36.1 Å². The van der Waals surface area contributed by atoms with Crippen molar-refractivity contribution in [3.63, 3.8) is 0 Å². The first-order chi connectivity index (χ1) is 18.7. The number of benzene rings is 2. The zero-order chi connectivity index (χ0) is 28.2. The van der Waals surface area contributed by atoms with Crippen molar-refractivity contribution in [1.82, 2.24) is 9.97 Å². The summed E-state index contributed by atoms with van der Waals surface area (Å²) >= 11 is 0. The first kappa shape index (κ1) is 26.9. The summed E-state index contributed by atoms with van der Waals surface area (Å²) in [6, 6.07) is 16.0. The number of nitriles is 1. The molecule has 4 aromatic rings. The van der Waals surface area contributed by atoms with Crippen LogP contribution < -0.4 is 10.6 Å². The number of aromatic nitrogens is 2. The zero-order valence-electron chi connectivity index (χ0n) is 21.5. The maximum atomic E-state index is 15.6. The number of aromatic amines is 1. The van der Waals surface area contributed by atoms with Crippen LogP contribution in [-0.4, -0.2) is 35.4 Å². The van der Waals surface area contributed by atoms with Crippen LogP contribution in [0.4, 0.5) is 31.8 Å². The van der Waals surface area contributed by atoms with Crippen LogP contribution in [0.2, 0.25) is 0 Å². The van der Waals surface area contributed by atoms with Gasteiger partial charge in [0.2, 0.25) is 0 Å². The van der Waals surface area contributed by atoms with Crippen molar-refractivity contribution in [2.24, 2.45) is 9.98 Å². The number of nitrogens with zero attached hydrogens (tertiary/aromatic N) is 4. The molecule has 10 heteroatoms. The van der Waals surface area contributed by atoms with Crippen molar-refractivity contribution in [3.8, 4) is 6.07 Å². The highest BCUT2D eigenvalue weighted by Crippen LogP contribution is 2.31. The fourth-order valence-corrected chi connectivity index (χ4v) is 3.95. The number of carbonyl (C=O) groups excluding carboxylic acids is 1. The van der Waals surface area contributed by atoms with Gasteiger partial charge < -0.3 is 15.6 Å². The molecule has 196 valence electrons. The molecule has 2 aromatic heterocycles. The normalized spacial score (nSPS) is 11.5. The topological polar surface area (TPSA) is 118 Å². The Hall–Kier alpha value is -5.17. The monoisotopic (exact) mass is 525 g/mol. The third-order valence-electron chi connectivity index (χ3n) is 6.13. The number of rotatable bonds is 8. The van der Waals surface area contributed by atoms with Gasteiger partial charge in [0.05, 0.1) is 22.9 Å². The first-order valence-corrected chi connectivity index (χ1v) is 11.8. The van der Waals surface area contributed by atoms with E-state index in [4.69, 9.17) is 0 Å². The Balaban J connectivity index is 1.67. The minimum absolute atomic E-state index is 0.141. The summed E-state index contributed by atoms with van der Waals surface area (Å²) in [6.45, 7) is 7.01. The second kappa shape index (κ2) is 11.1. The lowest BCUT2D eigenvalue weighted by molar-refractivity contribution is 0.102. The first-order valence-electron chi connectivity index (χ1n) is 11.8. The average Bonchev–Trinajstić information content (AvgIpc) is 3.42. The minimum atomic E-state index is -1.02. The number of hydrogen-bond donors (Lipinski definition) is 3. The van der Waals surface area contributed by atoms with Crippen LogP contribution in [0, 0.1) is 23.0 Å². The maximum absolute atomic E-state index is 15.6. The molecule has 1 amide bonds. The summed E-state index contributed by atoms with van der Waals surface area (Å²) in [5.41, 5.74) is 0.870. The van der Waals surface area contributed by atoms with Crippen LogP contribution in [0.1, 0.15) is 40.9 Å². The van der Waals surface area contributed by atoms with Crippen molar-refractivity contribution in [2.75, 3.05) is 17.7 Å². The predicted octanol–water partition coefficient (Wildman–Crippen LogP) is 6.28. The van der Waals surface area contributed by atoms with Gasteiger partial charge in [-0.15, -0.1) is 0 Å². The van der Waals surface area contributed by atoms with E-state index in [9.17, 15) is 14.4 Å². The van der Waals surface area contributed by atoms with Crippen molar-refractivity contribution in [3.05, 3.63) is 101 Å². The van der Waals surface area contributed by atoms with Gasteiger partial charge in [-0.3, -0.25) is 9.79 Å². The van der Waals surface area contributed by atoms with Gasteiger partial charge in [-0.05, 0) is 68.6 Å². The van der Waals surface area contributed by atoms with Gasteiger partial charge >= 0.3 is 0 Å². The second-order valence-corrected chi connectivity index (χ2v) is 9.05. The van der Waals surface area contributed by atoms with Gasteiger partial charge in [-0.25, -0.2) is 18.8 Å². The van der Waals surface area contributed by atoms with E-state index in [2.05, 4.69) is 43.4 Å². The van der Waals surface area contributed by atoms with E-state index < -0.39 is 28.6 Å². The van der Waals surface area contributed by atoms with Crippen LogP contribution in [0.25, 0.3) is 0 Å². The molecular formula is C29H25F2N7O. The number of hydrogen-bond acceptors (Lipinski definition) is 6. The number of halogens is 2. The fourth-order valence-electron chi connectivity index (χ4n) is 3.95. The van der Waals surface area contributed by atoms with E-state index in [0.717, 1.165) is 12.1 Å². The number of anilines is 3. The number of H-pyrrole nitrogens is 1. The van der Waals surface area contributed by atoms with E-state index in [1.165, 1.54) is 6.20 Å². The van der Waals surface area contributed by atoms with Gasteiger partial charge in [0.1, 0.15) is 23.1 Å². The smallest absolute Gasteiger partial charge is 0.255 e. The van der Waals surface area contributed by atoms with Crippen molar-refractivity contribution < 1.29 is 13.6 Å². The van der Waals surface area contributed by atoms with E-state index in [0.29, 0.717) is 28.2 Å². The van der Waals surface area contributed by atoms with Crippen LogP contribution in [0.3, 0.4) is 0 Å². The predicted molar refractivity (Wildman–Crippen MR) is 148 cm³/mol. The maximum Gasteiger partial charge on any atom is 0.255 e. The molecule has 2 heterocycles. The quantitative estimate of drug-likeness (QED) is 0.235. The molecule has 4 rings (SSSR count). The van der Waals surface area contributed by atoms with Gasteiger partial charge in [-0.2, -0.15) is 5.26 Å². The van der Waals surface area contributed by atoms with Crippen LogP contribution >= 0.6 is 0 Å². The van der Waals surface area contributed by atoms with E-state index >= 15 is 4.39 Å². The third-order valence-corrected chi connectivity index (χ3v) is 6.13. The molecule has 8 nitrogen and oxygen atoms in total. The summed E-state index contributed by atoms with van der Waals surface area (Å²) in [6.07, 6.45) is 3.15. The highest BCUT2D eigenvalue weighted by atomic mass is 19.1. The fraction of sp³-hybridized carbons (Fsp3) is 0.138. The SMILES string of the molecule is C=Nc1[nH]ccc1C(=NC)c1cccnc1Nc1c(F)ccc(NC(=O)c2cccc(C(C)(C)C#N)c2)c1F. The zero-order valence-corrected chi connectivity index (χ0v) is 21.5. The number of aliphatic imine (C=N–C) groups is 2. The molecule has 0 atom stereocenters. The molecule has 0 bridgehead atoms. The number of amides is 1. The standard InChI is InChI=1S/C29H25F2N7O/c1-29(2,16-32)18-8-5-7-17(15-18)28(39)37-22-11-10-21(30)25(23(22)31)38-27-19(9-6-13-35-27)24(33-3)20-12-14-36-26(20)34-4/h5-15,36H,4H2,1-3H3,(H,35,38)(H,37,39). The highest BCUT2D eigenvalue weighted by Gasteiger charge is 2.23.